The summed E-state index contributed by atoms with van der Waals surface area (Å²) in [4.78, 5) is 30.1. The molecule has 0 saturated carbocycles. The number of nitrogens with zero attached hydrogens (tertiary/aromatic N) is 5. The third-order valence-corrected chi connectivity index (χ3v) is 5.13. The molecule has 4 rings (SSSR count). The molecule has 3 heterocycles. The quantitative estimate of drug-likeness (QED) is 0.541. The number of halogens is 2. The fourth-order valence-electron chi connectivity index (χ4n) is 3.34. The zero-order valence-corrected chi connectivity index (χ0v) is 16.6. The SMILES string of the molecule is O=C(O)CN1CCC(Nc2ncc3ncnc(Nc4ccc(F)c(Cl)c4)c3n2)CC1. The molecule has 3 aromatic rings. The van der Waals surface area contributed by atoms with Crippen LogP contribution in [0.2, 0.25) is 5.02 Å². The Morgan fingerprint density at radius 3 is 2.80 bits per heavy atom. The van der Waals surface area contributed by atoms with Crippen molar-refractivity contribution in [1.29, 1.82) is 0 Å². The zero-order valence-electron chi connectivity index (χ0n) is 15.8. The topological polar surface area (TPSA) is 116 Å². The molecule has 9 nitrogen and oxygen atoms in total. The lowest BCUT2D eigenvalue weighted by Crippen LogP contribution is -2.41. The number of carboxylic acids is 1. The Labute approximate surface area is 176 Å². The summed E-state index contributed by atoms with van der Waals surface area (Å²) in [5, 5.41) is 15.3. The molecule has 0 aliphatic carbocycles. The van der Waals surface area contributed by atoms with E-state index in [0.29, 0.717) is 41.6 Å². The van der Waals surface area contributed by atoms with Crippen LogP contribution in [0.4, 0.5) is 21.8 Å². The number of benzene rings is 1. The number of carbonyl (C=O) groups is 1. The Morgan fingerprint density at radius 2 is 2.07 bits per heavy atom. The molecule has 0 atom stereocenters. The van der Waals surface area contributed by atoms with E-state index in [1.807, 2.05) is 4.90 Å². The molecule has 2 aromatic heterocycles. The number of rotatable bonds is 6. The fraction of sp³-hybridized carbons (Fsp3) is 0.316. The van der Waals surface area contributed by atoms with E-state index in [2.05, 4.69) is 30.6 Å². The number of piperidine rings is 1. The summed E-state index contributed by atoms with van der Waals surface area (Å²) in [7, 11) is 0. The second kappa shape index (κ2) is 8.72. The van der Waals surface area contributed by atoms with Gasteiger partial charge in [-0.3, -0.25) is 9.69 Å². The summed E-state index contributed by atoms with van der Waals surface area (Å²) in [5.41, 5.74) is 1.64. The first-order chi connectivity index (χ1) is 14.5. The molecule has 0 bridgehead atoms. The van der Waals surface area contributed by atoms with Crippen LogP contribution in [-0.2, 0) is 4.79 Å². The van der Waals surface area contributed by atoms with Gasteiger partial charge in [-0.25, -0.2) is 24.3 Å². The van der Waals surface area contributed by atoms with Crippen molar-refractivity contribution in [3.63, 3.8) is 0 Å². The summed E-state index contributed by atoms with van der Waals surface area (Å²) in [6.45, 7) is 1.44. The minimum atomic E-state index is -0.818. The Morgan fingerprint density at radius 1 is 1.27 bits per heavy atom. The van der Waals surface area contributed by atoms with Crippen molar-refractivity contribution < 1.29 is 14.3 Å². The first-order valence-corrected chi connectivity index (χ1v) is 9.76. The molecular weight excluding hydrogens is 413 g/mol. The Balaban J connectivity index is 1.50. The van der Waals surface area contributed by atoms with E-state index in [1.165, 1.54) is 18.5 Å². The third kappa shape index (κ3) is 4.71. The highest BCUT2D eigenvalue weighted by Gasteiger charge is 2.21. The van der Waals surface area contributed by atoms with Crippen molar-refractivity contribution in [3.8, 4) is 0 Å². The summed E-state index contributed by atoms with van der Waals surface area (Å²) in [6.07, 6.45) is 4.58. The van der Waals surface area contributed by atoms with Crippen LogP contribution in [0.5, 0.6) is 0 Å². The van der Waals surface area contributed by atoms with Crippen molar-refractivity contribution in [2.75, 3.05) is 30.3 Å². The van der Waals surface area contributed by atoms with Crippen LogP contribution in [-0.4, -0.2) is 61.6 Å². The Hall–Kier alpha value is -3.11. The van der Waals surface area contributed by atoms with E-state index in [1.54, 1.807) is 12.3 Å². The Kier molecular flexibility index (Phi) is 5.86. The molecule has 1 aromatic carbocycles. The first kappa shape index (κ1) is 20.2. The summed E-state index contributed by atoms with van der Waals surface area (Å²) in [6, 6.07) is 4.44. The number of anilines is 3. The number of fused-ring (bicyclic) bond motifs is 1. The van der Waals surface area contributed by atoms with Gasteiger partial charge in [0.2, 0.25) is 5.95 Å². The minimum Gasteiger partial charge on any atom is -0.480 e. The molecule has 0 radical (unpaired) electrons. The number of aliphatic carboxylic acids is 1. The second-order valence-electron chi connectivity index (χ2n) is 6.99. The van der Waals surface area contributed by atoms with Crippen molar-refractivity contribution in [2.45, 2.75) is 18.9 Å². The van der Waals surface area contributed by atoms with E-state index >= 15 is 0 Å². The Bertz CT molecular complexity index is 1080. The van der Waals surface area contributed by atoms with Gasteiger partial charge in [-0.2, -0.15) is 0 Å². The van der Waals surface area contributed by atoms with E-state index in [0.717, 1.165) is 12.8 Å². The van der Waals surface area contributed by atoms with Gasteiger partial charge in [0.15, 0.2) is 5.82 Å². The average Bonchev–Trinajstić information content (AvgIpc) is 2.72. The molecule has 1 aliphatic rings. The van der Waals surface area contributed by atoms with E-state index in [9.17, 15) is 9.18 Å². The lowest BCUT2D eigenvalue weighted by Gasteiger charge is -2.31. The van der Waals surface area contributed by atoms with Crippen LogP contribution in [0.25, 0.3) is 11.0 Å². The molecule has 0 spiro atoms. The highest BCUT2D eigenvalue weighted by atomic mass is 35.5. The van der Waals surface area contributed by atoms with Crippen LogP contribution >= 0.6 is 11.6 Å². The molecule has 1 saturated heterocycles. The van der Waals surface area contributed by atoms with Crippen LogP contribution in [0, 0.1) is 5.82 Å². The van der Waals surface area contributed by atoms with Gasteiger partial charge in [-0.1, -0.05) is 11.6 Å². The molecular formula is C19H19ClFN7O2. The van der Waals surface area contributed by atoms with Crippen molar-refractivity contribution in [2.24, 2.45) is 0 Å². The van der Waals surface area contributed by atoms with Gasteiger partial charge in [0.25, 0.3) is 0 Å². The highest BCUT2D eigenvalue weighted by Crippen LogP contribution is 2.25. The molecule has 1 aliphatic heterocycles. The van der Waals surface area contributed by atoms with E-state index < -0.39 is 11.8 Å². The number of nitrogens with one attached hydrogen (secondary N) is 2. The largest absolute Gasteiger partial charge is 0.480 e. The molecule has 11 heteroatoms. The highest BCUT2D eigenvalue weighted by molar-refractivity contribution is 6.31. The molecule has 1 fully saturated rings. The lowest BCUT2D eigenvalue weighted by atomic mass is 10.1. The number of likely N-dealkylation sites (tertiary alicyclic amines) is 1. The van der Waals surface area contributed by atoms with Crippen molar-refractivity contribution in [1.82, 2.24) is 24.8 Å². The lowest BCUT2D eigenvalue weighted by molar-refractivity contribution is -0.138. The molecule has 156 valence electrons. The number of hydrogen-bond acceptors (Lipinski definition) is 8. The number of carboxylic acid groups (broad SMARTS) is 1. The van der Waals surface area contributed by atoms with Crippen LogP contribution in [0.3, 0.4) is 0 Å². The van der Waals surface area contributed by atoms with Crippen LogP contribution in [0.1, 0.15) is 12.8 Å². The average molecular weight is 432 g/mol. The van der Waals surface area contributed by atoms with Gasteiger partial charge in [0.1, 0.15) is 23.2 Å². The molecule has 3 N–H and O–H groups in total. The monoisotopic (exact) mass is 431 g/mol. The predicted octanol–water partition coefficient (Wildman–Crippen LogP) is 2.92. The first-order valence-electron chi connectivity index (χ1n) is 9.38. The molecule has 30 heavy (non-hydrogen) atoms. The number of aromatic nitrogens is 4. The molecule has 0 unspecified atom stereocenters. The van der Waals surface area contributed by atoms with Crippen molar-refractivity contribution in [3.05, 3.63) is 41.6 Å². The number of hydrogen-bond donors (Lipinski definition) is 3. The predicted molar refractivity (Wildman–Crippen MR) is 111 cm³/mol. The van der Waals surface area contributed by atoms with Crippen LogP contribution in [0.15, 0.2) is 30.7 Å². The van der Waals surface area contributed by atoms with Gasteiger partial charge >= 0.3 is 5.97 Å². The second-order valence-corrected chi connectivity index (χ2v) is 7.40. The smallest absolute Gasteiger partial charge is 0.317 e. The van der Waals surface area contributed by atoms with Gasteiger partial charge in [-0.05, 0) is 31.0 Å². The maximum atomic E-state index is 13.4. The third-order valence-electron chi connectivity index (χ3n) is 4.84. The van der Waals surface area contributed by atoms with Crippen molar-refractivity contribution >= 4 is 46.1 Å². The summed E-state index contributed by atoms with van der Waals surface area (Å²) < 4.78 is 13.4. The van der Waals surface area contributed by atoms with Gasteiger partial charge in [0, 0.05) is 24.8 Å². The zero-order chi connectivity index (χ0) is 21.1. The normalized spacial score (nSPS) is 15.3. The van der Waals surface area contributed by atoms with E-state index in [4.69, 9.17) is 16.7 Å². The summed E-state index contributed by atoms with van der Waals surface area (Å²) >= 11 is 5.85. The van der Waals surface area contributed by atoms with E-state index in [-0.39, 0.29) is 17.6 Å². The summed E-state index contributed by atoms with van der Waals surface area (Å²) in [5.74, 6) is -0.432. The maximum absolute atomic E-state index is 13.4. The maximum Gasteiger partial charge on any atom is 0.317 e. The van der Waals surface area contributed by atoms with Crippen LogP contribution < -0.4 is 10.6 Å². The molecule has 0 amide bonds. The van der Waals surface area contributed by atoms with Gasteiger partial charge in [-0.15, -0.1) is 0 Å². The fourth-order valence-corrected chi connectivity index (χ4v) is 3.52. The van der Waals surface area contributed by atoms with Gasteiger partial charge < -0.3 is 15.7 Å². The standard InChI is InChI=1S/C19H19ClFN7O2/c20-13-7-12(1-2-14(13)21)25-18-17-15(23-10-24-18)8-22-19(27-17)26-11-3-5-28(6-4-11)9-16(29)30/h1-2,7-8,10-11H,3-6,9H2,(H,29,30)(H,22,26,27)(H,23,24,25). The minimum absolute atomic E-state index is 0.00424. The van der Waals surface area contributed by atoms with Gasteiger partial charge in [0.05, 0.1) is 17.8 Å².